The van der Waals surface area contributed by atoms with Gasteiger partial charge in [-0.15, -0.1) is 0 Å². The minimum absolute atomic E-state index is 0.0293. The molecule has 0 fully saturated rings. The number of para-hydroxylation sites is 2. The molecular weight excluding hydrogens is 318 g/mol. The van der Waals surface area contributed by atoms with Crippen LogP contribution in [-0.2, 0) is 6.54 Å². The zero-order chi connectivity index (χ0) is 17.8. The average Bonchev–Trinajstić information content (AvgIpc) is 3.02. The molecule has 130 valence electrons. The number of aromatic amines is 1. The summed E-state index contributed by atoms with van der Waals surface area (Å²) in [5.74, 6) is 1.66. The van der Waals surface area contributed by atoms with Crippen molar-refractivity contribution in [2.45, 2.75) is 26.5 Å². The predicted molar refractivity (Wildman–Crippen MR) is 96.0 cm³/mol. The van der Waals surface area contributed by atoms with Gasteiger partial charge >= 0.3 is 0 Å². The molecule has 0 aliphatic carbocycles. The van der Waals surface area contributed by atoms with Gasteiger partial charge in [-0.3, -0.25) is 4.79 Å². The number of nitrogens with one attached hydrogen (secondary N) is 2. The minimum Gasteiger partial charge on any atom is -0.493 e. The summed E-state index contributed by atoms with van der Waals surface area (Å²) in [7, 11) is 1.55. The van der Waals surface area contributed by atoms with Crippen molar-refractivity contribution in [3.8, 4) is 11.5 Å². The first-order valence-corrected chi connectivity index (χ1v) is 8.13. The largest absolute Gasteiger partial charge is 0.493 e. The first-order chi connectivity index (χ1) is 12.1. The summed E-state index contributed by atoms with van der Waals surface area (Å²) in [6, 6.07) is 12.9. The normalized spacial score (nSPS) is 10.9. The molecule has 1 heterocycles. The zero-order valence-corrected chi connectivity index (χ0v) is 14.5. The van der Waals surface area contributed by atoms with Crippen LogP contribution in [0, 0.1) is 0 Å². The fraction of sp³-hybridized carbons (Fsp3) is 0.263. The second kappa shape index (κ2) is 7.25. The van der Waals surface area contributed by atoms with Crippen molar-refractivity contribution in [3.63, 3.8) is 0 Å². The number of rotatable bonds is 6. The molecule has 3 aromatic rings. The number of benzene rings is 2. The van der Waals surface area contributed by atoms with E-state index >= 15 is 0 Å². The summed E-state index contributed by atoms with van der Waals surface area (Å²) in [5, 5.41) is 2.86. The molecule has 0 aliphatic rings. The topological polar surface area (TPSA) is 76.2 Å². The molecule has 0 unspecified atom stereocenters. The Kier molecular flexibility index (Phi) is 4.88. The van der Waals surface area contributed by atoms with Crippen molar-refractivity contribution >= 4 is 16.9 Å². The molecule has 3 rings (SSSR count). The van der Waals surface area contributed by atoms with Crippen molar-refractivity contribution < 1.29 is 14.3 Å². The number of methoxy groups -OCH3 is 1. The van der Waals surface area contributed by atoms with Crippen LogP contribution >= 0.6 is 0 Å². The Bertz CT molecular complexity index is 854. The van der Waals surface area contributed by atoms with Crippen molar-refractivity contribution in [1.82, 2.24) is 15.3 Å². The summed E-state index contributed by atoms with van der Waals surface area (Å²) < 4.78 is 11.0. The molecule has 25 heavy (non-hydrogen) atoms. The molecular formula is C19H21N3O3. The molecule has 2 aromatic carbocycles. The van der Waals surface area contributed by atoms with Gasteiger partial charge in [-0.05, 0) is 44.2 Å². The molecule has 1 amide bonds. The molecule has 0 radical (unpaired) electrons. The maximum atomic E-state index is 12.4. The summed E-state index contributed by atoms with van der Waals surface area (Å²) in [5.41, 5.74) is 2.33. The van der Waals surface area contributed by atoms with Crippen LogP contribution < -0.4 is 14.8 Å². The van der Waals surface area contributed by atoms with Gasteiger partial charge < -0.3 is 19.8 Å². The van der Waals surface area contributed by atoms with Crippen molar-refractivity contribution in [1.29, 1.82) is 0 Å². The molecule has 0 bridgehead atoms. The van der Waals surface area contributed by atoms with E-state index in [9.17, 15) is 4.79 Å². The van der Waals surface area contributed by atoms with Crippen LogP contribution in [0.25, 0.3) is 11.0 Å². The second-order valence-corrected chi connectivity index (χ2v) is 5.92. The van der Waals surface area contributed by atoms with Gasteiger partial charge in [0.1, 0.15) is 5.82 Å². The van der Waals surface area contributed by atoms with E-state index in [2.05, 4.69) is 15.3 Å². The van der Waals surface area contributed by atoms with E-state index < -0.39 is 0 Å². The van der Waals surface area contributed by atoms with Crippen LogP contribution in [0.5, 0.6) is 11.5 Å². The van der Waals surface area contributed by atoms with Crippen LogP contribution in [0.4, 0.5) is 0 Å². The average molecular weight is 339 g/mol. The van der Waals surface area contributed by atoms with E-state index in [1.165, 1.54) is 0 Å². The van der Waals surface area contributed by atoms with Gasteiger partial charge in [0.2, 0.25) is 0 Å². The zero-order valence-electron chi connectivity index (χ0n) is 14.5. The predicted octanol–water partition coefficient (Wildman–Crippen LogP) is 3.29. The number of fused-ring (bicyclic) bond motifs is 1. The van der Waals surface area contributed by atoms with Gasteiger partial charge in [0.15, 0.2) is 11.5 Å². The number of hydrogen-bond acceptors (Lipinski definition) is 4. The van der Waals surface area contributed by atoms with E-state index in [1.807, 2.05) is 38.1 Å². The lowest BCUT2D eigenvalue weighted by Gasteiger charge is -2.14. The lowest BCUT2D eigenvalue weighted by molar-refractivity contribution is 0.0949. The van der Waals surface area contributed by atoms with Gasteiger partial charge in [-0.2, -0.15) is 0 Å². The molecule has 2 N–H and O–H groups in total. The van der Waals surface area contributed by atoms with E-state index in [0.29, 0.717) is 29.4 Å². The minimum atomic E-state index is -0.199. The standard InChI is InChI=1S/C19H21N3O3/c1-12(2)25-16-9-8-13(10-17(16)24-3)19(23)20-11-18-21-14-6-4-5-7-15(14)22-18/h4-10,12H,11H2,1-3H3,(H,20,23)(H,21,22). The first kappa shape index (κ1) is 16.8. The van der Waals surface area contributed by atoms with E-state index in [-0.39, 0.29) is 12.0 Å². The lowest BCUT2D eigenvalue weighted by atomic mass is 10.2. The number of hydrogen-bond donors (Lipinski definition) is 2. The summed E-state index contributed by atoms with van der Waals surface area (Å²) in [6.07, 6.45) is 0.0293. The fourth-order valence-electron chi connectivity index (χ4n) is 2.52. The first-order valence-electron chi connectivity index (χ1n) is 8.13. The maximum Gasteiger partial charge on any atom is 0.251 e. The Morgan fingerprint density at radius 1 is 1.20 bits per heavy atom. The molecule has 1 aromatic heterocycles. The molecule has 0 saturated carbocycles. The summed E-state index contributed by atoms with van der Waals surface area (Å²) in [4.78, 5) is 20.0. The Balaban J connectivity index is 1.70. The van der Waals surface area contributed by atoms with Crippen LogP contribution in [-0.4, -0.2) is 29.1 Å². The van der Waals surface area contributed by atoms with Crippen molar-refractivity contribution in [2.75, 3.05) is 7.11 Å². The number of H-pyrrole nitrogens is 1. The second-order valence-electron chi connectivity index (χ2n) is 5.92. The number of nitrogens with zero attached hydrogens (tertiary/aromatic N) is 1. The lowest BCUT2D eigenvalue weighted by Crippen LogP contribution is -2.23. The Morgan fingerprint density at radius 3 is 2.72 bits per heavy atom. The number of amides is 1. The SMILES string of the molecule is COc1cc(C(=O)NCc2nc3ccccc3[nH]2)ccc1OC(C)C. The van der Waals surface area contributed by atoms with E-state index in [1.54, 1.807) is 25.3 Å². The summed E-state index contributed by atoms with van der Waals surface area (Å²) in [6.45, 7) is 4.20. The third-order valence-electron chi connectivity index (χ3n) is 3.64. The molecule has 0 atom stereocenters. The molecule has 6 heteroatoms. The highest BCUT2D eigenvalue weighted by Crippen LogP contribution is 2.29. The van der Waals surface area contributed by atoms with Crippen LogP contribution in [0.1, 0.15) is 30.0 Å². The summed E-state index contributed by atoms with van der Waals surface area (Å²) >= 11 is 0. The fourth-order valence-corrected chi connectivity index (χ4v) is 2.52. The van der Waals surface area contributed by atoms with Crippen molar-refractivity contribution in [2.24, 2.45) is 0 Å². The number of carbonyl (C=O) groups is 1. The molecule has 0 aliphatic heterocycles. The third-order valence-corrected chi connectivity index (χ3v) is 3.64. The maximum absolute atomic E-state index is 12.4. The van der Waals surface area contributed by atoms with Gasteiger partial charge in [0.05, 0.1) is 30.8 Å². The molecule has 0 saturated heterocycles. The van der Waals surface area contributed by atoms with Gasteiger partial charge in [0.25, 0.3) is 5.91 Å². The number of imidazole rings is 1. The van der Waals surface area contributed by atoms with E-state index in [4.69, 9.17) is 9.47 Å². The van der Waals surface area contributed by atoms with Gasteiger partial charge in [-0.25, -0.2) is 4.98 Å². The van der Waals surface area contributed by atoms with Crippen LogP contribution in [0.3, 0.4) is 0 Å². The Morgan fingerprint density at radius 2 is 2.00 bits per heavy atom. The highest BCUT2D eigenvalue weighted by molar-refractivity contribution is 5.94. The molecule has 0 spiro atoms. The Labute approximate surface area is 146 Å². The van der Waals surface area contributed by atoms with Crippen LogP contribution in [0.15, 0.2) is 42.5 Å². The number of ether oxygens (including phenoxy) is 2. The van der Waals surface area contributed by atoms with Crippen molar-refractivity contribution in [3.05, 3.63) is 53.9 Å². The number of carbonyl (C=O) groups excluding carboxylic acids is 1. The van der Waals surface area contributed by atoms with Gasteiger partial charge in [0, 0.05) is 5.56 Å². The van der Waals surface area contributed by atoms with Crippen LogP contribution in [0.2, 0.25) is 0 Å². The van der Waals surface area contributed by atoms with E-state index in [0.717, 1.165) is 11.0 Å². The number of aromatic nitrogens is 2. The Hall–Kier alpha value is -3.02. The highest BCUT2D eigenvalue weighted by Gasteiger charge is 2.12. The third kappa shape index (κ3) is 3.91. The highest BCUT2D eigenvalue weighted by atomic mass is 16.5. The molecule has 6 nitrogen and oxygen atoms in total. The van der Waals surface area contributed by atoms with Gasteiger partial charge in [-0.1, -0.05) is 12.1 Å². The smallest absolute Gasteiger partial charge is 0.251 e. The monoisotopic (exact) mass is 339 g/mol. The quantitative estimate of drug-likeness (QED) is 0.722.